The van der Waals surface area contributed by atoms with Gasteiger partial charge in [0.15, 0.2) is 0 Å². The maximum absolute atomic E-state index is 2.45. The van der Waals surface area contributed by atoms with E-state index in [1.165, 1.54) is 148 Å². The van der Waals surface area contributed by atoms with Crippen LogP contribution in [0.2, 0.25) is 0 Å². The van der Waals surface area contributed by atoms with Gasteiger partial charge in [-0.2, -0.15) is 0 Å². The van der Waals surface area contributed by atoms with Crippen molar-refractivity contribution >= 4 is 0 Å². The molecule has 29 heavy (non-hydrogen) atoms. The van der Waals surface area contributed by atoms with Crippen molar-refractivity contribution in [1.82, 2.24) is 0 Å². The van der Waals surface area contributed by atoms with E-state index in [9.17, 15) is 0 Å². The molecular weight excluding hydrogens is 348 g/mol. The van der Waals surface area contributed by atoms with Crippen LogP contribution in [-0.2, 0) is 0 Å². The summed E-state index contributed by atoms with van der Waals surface area (Å²) < 4.78 is 0. The quantitative estimate of drug-likeness (QED) is 0.110. The Morgan fingerprint density at radius 2 is 0.793 bits per heavy atom. The fraction of sp³-hybridized carbons (Fsp3) is 0.931. The summed E-state index contributed by atoms with van der Waals surface area (Å²) in [5.41, 5.74) is 0. The highest BCUT2D eigenvalue weighted by Gasteiger charge is 1.99. The summed E-state index contributed by atoms with van der Waals surface area (Å²) in [5, 5.41) is 0. The predicted octanol–water partition coefficient (Wildman–Crippen LogP) is 11.2. The number of allylic oxidation sites excluding steroid dienone is 2. The van der Waals surface area contributed by atoms with Gasteiger partial charge in [-0.25, -0.2) is 0 Å². The molecule has 0 N–H and O–H groups in total. The molecular formula is C29H58. The van der Waals surface area contributed by atoms with E-state index in [-0.39, 0.29) is 0 Å². The van der Waals surface area contributed by atoms with E-state index >= 15 is 0 Å². The molecule has 0 aromatic heterocycles. The Kier molecular flexibility index (Phi) is 25.5. The van der Waals surface area contributed by atoms with Crippen molar-refractivity contribution in [3.8, 4) is 0 Å². The molecule has 0 aliphatic rings. The Morgan fingerprint density at radius 1 is 0.414 bits per heavy atom. The highest BCUT2D eigenvalue weighted by molar-refractivity contribution is 4.81. The third-order valence-electron chi connectivity index (χ3n) is 6.52. The van der Waals surface area contributed by atoms with Gasteiger partial charge in [0.25, 0.3) is 0 Å². The molecule has 0 aromatic rings. The van der Waals surface area contributed by atoms with Crippen LogP contribution in [0.1, 0.15) is 168 Å². The van der Waals surface area contributed by atoms with Gasteiger partial charge in [-0.05, 0) is 31.6 Å². The molecule has 0 heterocycles. The van der Waals surface area contributed by atoms with Crippen molar-refractivity contribution in [2.45, 2.75) is 168 Å². The van der Waals surface area contributed by atoms with E-state index in [2.05, 4.69) is 32.9 Å². The molecule has 0 nitrogen and oxygen atoms in total. The molecule has 0 aliphatic heterocycles. The maximum Gasteiger partial charge on any atom is -0.0348 e. The molecule has 0 fully saturated rings. The first kappa shape index (κ1) is 28.7. The van der Waals surface area contributed by atoms with E-state index in [0.717, 1.165) is 5.92 Å². The van der Waals surface area contributed by atoms with E-state index in [1.54, 1.807) is 0 Å². The first-order valence-electron chi connectivity index (χ1n) is 14.0. The fourth-order valence-corrected chi connectivity index (χ4v) is 4.31. The second kappa shape index (κ2) is 25.8. The molecule has 0 amide bonds. The SMILES string of the molecule is CCCCCCCCCCCCCCCCCC/C=C/CCC(C)CCCCC. The minimum Gasteiger partial charge on any atom is -0.0885 e. The van der Waals surface area contributed by atoms with E-state index in [0.29, 0.717) is 0 Å². The van der Waals surface area contributed by atoms with Crippen LogP contribution in [0.5, 0.6) is 0 Å². The Hall–Kier alpha value is -0.260. The van der Waals surface area contributed by atoms with E-state index < -0.39 is 0 Å². The zero-order chi connectivity index (χ0) is 21.3. The zero-order valence-corrected chi connectivity index (χ0v) is 21.0. The number of rotatable bonds is 24. The topological polar surface area (TPSA) is 0 Å². The molecule has 174 valence electrons. The summed E-state index contributed by atoms with van der Waals surface area (Å²) in [7, 11) is 0. The lowest BCUT2D eigenvalue weighted by molar-refractivity contribution is 0.467. The Labute approximate surface area is 186 Å². The van der Waals surface area contributed by atoms with Crippen LogP contribution in [0.3, 0.4) is 0 Å². The number of unbranched alkanes of at least 4 members (excludes halogenated alkanes) is 18. The molecule has 0 heteroatoms. The molecule has 0 spiro atoms. The van der Waals surface area contributed by atoms with Gasteiger partial charge in [0.05, 0.1) is 0 Å². The molecule has 0 rings (SSSR count). The summed E-state index contributed by atoms with van der Waals surface area (Å²) in [6, 6.07) is 0. The van der Waals surface area contributed by atoms with Crippen LogP contribution in [0.15, 0.2) is 12.2 Å². The Balaban J connectivity index is 3.13. The number of hydrogen-bond donors (Lipinski definition) is 0. The van der Waals surface area contributed by atoms with Crippen LogP contribution in [-0.4, -0.2) is 0 Å². The molecule has 1 atom stereocenters. The van der Waals surface area contributed by atoms with Gasteiger partial charge in [-0.15, -0.1) is 0 Å². The van der Waals surface area contributed by atoms with Crippen molar-refractivity contribution in [2.75, 3.05) is 0 Å². The van der Waals surface area contributed by atoms with Gasteiger partial charge in [0.1, 0.15) is 0 Å². The third kappa shape index (κ3) is 25.7. The first-order chi connectivity index (χ1) is 14.3. The van der Waals surface area contributed by atoms with Gasteiger partial charge >= 0.3 is 0 Å². The van der Waals surface area contributed by atoms with Crippen molar-refractivity contribution in [3.05, 3.63) is 12.2 Å². The largest absolute Gasteiger partial charge is 0.0885 e. The number of hydrogen-bond acceptors (Lipinski definition) is 0. The second-order valence-electron chi connectivity index (χ2n) is 9.74. The molecule has 0 saturated heterocycles. The standard InChI is InChI=1S/C29H58/c1-4-6-8-9-10-11-12-13-14-15-16-17-18-19-20-21-22-23-24-26-28-29(3)27-25-7-5-2/h23-24,29H,4-22,25-28H2,1-3H3/b24-23+. The van der Waals surface area contributed by atoms with Gasteiger partial charge in [0.2, 0.25) is 0 Å². The van der Waals surface area contributed by atoms with Crippen LogP contribution in [0.25, 0.3) is 0 Å². The fourth-order valence-electron chi connectivity index (χ4n) is 4.31. The lowest BCUT2D eigenvalue weighted by atomic mass is 9.98. The van der Waals surface area contributed by atoms with Crippen molar-refractivity contribution in [2.24, 2.45) is 5.92 Å². The smallest absolute Gasteiger partial charge is 0.0348 e. The molecule has 0 saturated carbocycles. The van der Waals surface area contributed by atoms with Crippen molar-refractivity contribution < 1.29 is 0 Å². The highest BCUT2D eigenvalue weighted by Crippen LogP contribution is 2.16. The maximum atomic E-state index is 2.45. The van der Waals surface area contributed by atoms with Crippen molar-refractivity contribution in [1.29, 1.82) is 0 Å². The van der Waals surface area contributed by atoms with Crippen LogP contribution >= 0.6 is 0 Å². The van der Waals surface area contributed by atoms with Gasteiger partial charge in [-0.1, -0.05) is 155 Å². The summed E-state index contributed by atoms with van der Waals surface area (Å²) in [6.07, 6.45) is 37.9. The summed E-state index contributed by atoms with van der Waals surface area (Å²) in [5.74, 6) is 0.918. The summed E-state index contributed by atoms with van der Waals surface area (Å²) in [6.45, 7) is 7.03. The lowest BCUT2D eigenvalue weighted by Crippen LogP contribution is -1.93. The van der Waals surface area contributed by atoms with E-state index in [1.807, 2.05) is 0 Å². The molecule has 0 radical (unpaired) electrons. The second-order valence-corrected chi connectivity index (χ2v) is 9.74. The zero-order valence-electron chi connectivity index (χ0n) is 21.0. The van der Waals surface area contributed by atoms with Gasteiger partial charge in [-0.3, -0.25) is 0 Å². The van der Waals surface area contributed by atoms with Crippen LogP contribution in [0.4, 0.5) is 0 Å². The Morgan fingerprint density at radius 3 is 1.28 bits per heavy atom. The normalized spacial score (nSPS) is 12.8. The van der Waals surface area contributed by atoms with Gasteiger partial charge < -0.3 is 0 Å². The lowest BCUT2D eigenvalue weighted by Gasteiger charge is -2.08. The average molecular weight is 407 g/mol. The molecule has 0 aliphatic carbocycles. The molecule has 0 bridgehead atoms. The minimum atomic E-state index is 0.918. The van der Waals surface area contributed by atoms with Gasteiger partial charge in [0, 0.05) is 0 Å². The monoisotopic (exact) mass is 406 g/mol. The third-order valence-corrected chi connectivity index (χ3v) is 6.52. The molecule has 0 aromatic carbocycles. The summed E-state index contributed by atoms with van der Waals surface area (Å²) >= 11 is 0. The Bertz CT molecular complexity index is 303. The predicted molar refractivity (Wildman–Crippen MR) is 136 cm³/mol. The van der Waals surface area contributed by atoms with Crippen LogP contribution in [0, 0.1) is 5.92 Å². The summed E-state index contributed by atoms with van der Waals surface area (Å²) in [4.78, 5) is 0. The van der Waals surface area contributed by atoms with Crippen LogP contribution < -0.4 is 0 Å². The molecule has 1 unspecified atom stereocenters. The minimum absolute atomic E-state index is 0.918. The van der Waals surface area contributed by atoms with E-state index in [4.69, 9.17) is 0 Å². The first-order valence-corrected chi connectivity index (χ1v) is 14.0. The van der Waals surface area contributed by atoms with Crippen molar-refractivity contribution in [3.63, 3.8) is 0 Å². The highest BCUT2D eigenvalue weighted by atomic mass is 14.1. The average Bonchev–Trinajstić information content (AvgIpc) is 2.72.